The summed E-state index contributed by atoms with van der Waals surface area (Å²) in [6.07, 6.45) is 3.20. The second kappa shape index (κ2) is 7.26. The van der Waals surface area contributed by atoms with Crippen LogP contribution in [0.3, 0.4) is 0 Å². The van der Waals surface area contributed by atoms with Gasteiger partial charge in [-0.3, -0.25) is 4.79 Å². The number of carbonyl (C=O) groups is 1. The lowest BCUT2D eigenvalue weighted by molar-refractivity contribution is -0.111. The predicted octanol–water partition coefficient (Wildman–Crippen LogP) is 3.38. The van der Waals surface area contributed by atoms with Crippen molar-refractivity contribution in [2.75, 3.05) is 5.32 Å². The molecule has 1 heterocycles. The van der Waals surface area contributed by atoms with Gasteiger partial charge < -0.3 is 5.32 Å². The Hall–Kier alpha value is -3.35. The summed E-state index contributed by atoms with van der Waals surface area (Å²) < 4.78 is 15.3. The van der Waals surface area contributed by atoms with Crippen molar-refractivity contribution in [3.63, 3.8) is 0 Å². The van der Waals surface area contributed by atoms with E-state index in [4.69, 9.17) is 0 Å². The van der Waals surface area contributed by atoms with Gasteiger partial charge >= 0.3 is 0 Å². The molecule has 0 aliphatic rings. The fourth-order valence-corrected chi connectivity index (χ4v) is 2.57. The number of nitrogens with one attached hydrogen (secondary N) is 1. The minimum absolute atomic E-state index is 0.170. The lowest BCUT2D eigenvalue weighted by atomic mass is 10.1. The molecule has 0 unspecified atom stereocenters. The Labute approximate surface area is 150 Å². The Morgan fingerprint density at radius 3 is 2.65 bits per heavy atom. The van der Waals surface area contributed by atoms with Gasteiger partial charge in [0.25, 0.3) is 0 Å². The number of aryl methyl sites for hydroxylation is 3. The van der Waals surface area contributed by atoms with E-state index in [0.717, 1.165) is 11.1 Å². The molecular weight excluding hydrogens is 333 g/mol. The Bertz CT molecular complexity index is 993. The Morgan fingerprint density at radius 2 is 1.96 bits per heavy atom. The van der Waals surface area contributed by atoms with Crippen molar-refractivity contribution in [3.05, 3.63) is 70.8 Å². The van der Waals surface area contributed by atoms with Crippen molar-refractivity contribution in [1.82, 2.24) is 20.2 Å². The Morgan fingerprint density at radius 1 is 1.15 bits per heavy atom. The molecule has 3 aromatic rings. The number of tetrazole rings is 1. The van der Waals surface area contributed by atoms with Gasteiger partial charge in [0.1, 0.15) is 11.5 Å². The minimum Gasteiger partial charge on any atom is -0.322 e. The molecule has 3 rings (SSSR count). The molecule has 132 valence electrons. The molecule has 0 aliphatic heterocycles. The van der Waals surface area contributed by atoms with Gasteiger partial charge in [-0.2, -0.15) is 4.68 Å². The molecule has 2 aromatic carbocycles. The van der Waals surface area contributed by atoms with Crippen molar-refractivity contribution in [2.24, 2.45) is 0 Å². The molecule has 0 saturated heterocycles. The van der Waals surface area contributed by atoms with E-state index < -0.39 is 5.82 Å². The summed E-state index contributed by atoms with van der Waals surface area (Å²) >= 11 is 0. The van der Waals surface area contributed by atoms with Crippen LogP contribution in [0.25, 0.3) is 11.8 Å². The summed E-state index contributed by atoms with van der Waals surface area (Å²) in [6.45, 7) is 5.67. The highest BCUT2D eigenvalue weighted by atomic mass is 19.1. The number of nitrogens with zero attached hydrogens (tertiary/aromatic N) is 4. The predicted molar refractivity (Wildman–Crippen MR) is 97.4 cm³/mol. The van der Waals surface area contributed by atoms with Gasteiger partial charge in [0.15, 0.2) is 5.82 Å². The van der Waals surface area contributed by atoms with Gasteiger partial charge in [0, 0.05) is 11.8 Å². The van der Waals surface area contributed by atoms with Crippen molar-refractivity contribution in [3.8, 4) is 5.69 Å². The fourth-order valence-electron chi connectivity index (χ4n) is 2.57. The van der Waals surface area contributed by atoms with Crippen LogP contribution in [-0.4, -0.2) is 26.1 Å². The van der Waals surface area contributed by atoms with Crippen LogP contribution >= 0.6 is 0 Å². The van der Waals surface area contributed by atoms with E-state index in [2.05, 4.69) is 26.9 Å². The first kappa shape index (κ1) is 17.5. The molecule has 0 atom stereocenters. The summed E-state index contributed by atoms with van der Waals surface area (Å²) in [5, 5.41) is 13.7. The van der Waals surface area contributed by atoms with Gasteiger partial charge in [-0.15, -0.1) is 5.10 Å². The normalized spacial score (nSPS) is 11.1. The second-order valence-electron chi connectivity index (χ2n) is 5.99. The largest absolute Gasteiger partial charge is 0.322 e. The van der Waals surface area contributed by atoms with E-state index in [9.17, 15) is 9.18 Å². The zero-order valence-corrected chi connectivity index (χ0v) is 14.7. The van der Waals surface area contributed by atoms with Crippen LogP contribution in [0.1, 0.15) is 22.5 Å². The van der Waals surface area contributed by atoms with Gasteiger partial charge in [0.2, 0.25) is 5.91 Å². The molecule has 0 fully saturated rings. The number of aromatic nitrogens is 4. The first-order valence-corrected chi connectivity index (χ1v) is 8.05. The standard InChI is InChI=1S/C19H18FN5O/c1-12-4-5-15(13(2)10-12)6-9-19(26)21-16-7-8-17(20)18(11-16)25-14(3)22-23-24-25/h4-11H,1-3H3,(H,21,26)/b9-6+. The van der Waals surface area contributed by atoms with Crippen LogP contribution in [0.2, 0.25) is 0 Å². The maximum atomic E-state index is 14.1. The highest BCUT2D eigenvalue weighted by molar-refractivity contribution is 6.02. The van der Waals surface area contributed by atoms with Crippen LogP contribution in [0.5, 0.6) is 0 Å². The van der Waals surface area contributed by atoms with Gasteiger partial charge in [-0.25, -0.2) is 4.39 Å². The first-order chi connectivity index (χ1) is 12.4. The average molecular weight is 351 g/mol. The van der Waals surface area contributed by atoms with E-state index in [1.54, 1.807) is 13.0 Å². The molecular formula is C19H18FN5O. The minimum atomic E-state index is -0.482. The molecule has 0 saturated carbocycles. The third-order valence-electron chi connectivity index (χ3n) is 3.91. The molecule has 1 N–H and O–H groups in total. The molecule has 26 heavy (non-hydrogen) atoms. The van der Waals surface area contributed by atoms with Crippen molar-refractivity contribution in [1.29, 1.82) is 0 Å². The number of rotatable bonds is 4. The van der Waals surface area contributed by atoms with Crippen LogP contribution in [-0.2, 0) is 4.79 Å². The lowest BCUT2D eigenvalue weighted by Gasteiger charge is -2.07. The molecule has 7 heteroatoms. The smallest absolute Gasteiger partial charge is 0.248 e. The third kappa shape index (κ3) is 3.83. The second-order valence-corrected chi connectivity index (χ2v) is 5.99. The van der Waals surface area contributed by atoms with Gasteiger partial charge in [0.05, 0.1) is 0 Å². The van der Waals surface area contributed by atoms with Crippen LogP contribution in [0, 0.1) is 26.6 Å². The summed E-state index contributed by atoms with van der Waals surface area (Å²) in [5.41, 5.74) is 3.85. The van der Waals surface area contributed by atoms with E-state index >= 15 is 0 Å². The number of hydrogen-bond acceptors (Lipinski definition) is 4. The molecule has 0 aliphatic carbocycles. The number of benzene rings is 2. The molecule has 0 spiro atoms. The Kier molecular flexibility index (Phi) is 4.88. The highest BCUT2D eigenvalue weighted by Crippen LogP contribution is 2.19. The number of carbonyl (C=O) groups excluding carboxylic acids is 1. The number of anilines is 1. The summed E-state index contributed by atoms with van der Waals surface area (Å²) in [7, 11) is 0. The molecule has 1 aromatic heterocycles. The quantitative estimate of drug-likeness (QED) is 0.732. The number of halogens is 1. The maximum Gasteiger partial charge on any atom is 0.248 e. The topological polar surface area (TPSA) is 72.7 Å². The average Bonchev–Trinajstić information content (AvgIpc) is 3.01. The van der Waals surface area contributed by atoms with Crippen LogP contribution < -0.4 is 5.32 Å². The van der Waals surface area contributed by atoms with Crippen LogP contribution in [0.15, 0.2) is 42.5 Å². The molecule has 0 radical (unpaired) electrons. The van der Waals surface area contributed by atoms with E-state index in [1.165, 1.54) is 34.5 Å². The van der Waals surface area contributed by atoms with Crippen molar-refractivity contribution >= 4 is 17.7 Å². The fraction of sp³-hybridized carbons (Fsp3) is 0.158. The monoisotopic (exact) mass is 351 g/mol. The van der Waals surface area contributed by atoms with E-state index in [-0.39, 0.29) is 11.6 Å². The van der Waals surface area contributed by atoms with Gasteiger partial charge in [-0.1, -0.05) is 23.8 Å². The zero-order valence-electron chi connectivity index (χ0n) is 14.7. The van der Waals surface area contributed by atoms with E-state index in [0.29, 0.717) is 11.5 Å². The lowest BCUT2D eigenvalue weighted by Crippen LogP contribution is -2.09. The highest BCUT2D eigenvalue weighted by Gasteiger charge is 2.11. The SMILES string of the molecule is Cc1ccc(/C=C/C(=O)Nc2ccc(F)c(-n3nnnc3C)c2)c(C)c1. The molecule has 6 nitrogen and oxygen atoms in total. The summed E-state index contributed by atoms with van der Waals surface area (Å²) in [5.74, 6) is -0.345. The Balaban J connectivity index is 1.77. The number of hydrogen-bond donors (Lipinski definition) is 1. The third-order valence-corrected chi connectivity index (χ3v) is 3.91. The number of amides is 1. The van der Waals surface area contributed by atoms with Crippen LogP contribution in [0.4, 0.5) is 10.1 Å². The van der Waals surface area contributed by atoms with E-state index in [1.807, 2.05) is 26.0 Å². The molecule has 0 bridgehead atoms. The summed E-state index contributed by atoms with van der Waals surface area (Å²) in [4.78, 5) is 12.2. The summed E-state index contributed by atoms with van der Waals surface area (Å²) in [6, 6.07) is 10.2. The first-order valence-electron chi connectivity index (χ1n) is 8.05. The van der Waals surface area contributed by atoms with Crippen molar-refractivity contribution in [2.45, 2.75) is 20.8 Å². The maximum absolute atomic E-state index is 14.1. The van der Waals surface area contributed by atoms with Crippen molar-refractivity contribution < 1.29 is 9.18 Å². The molecule has 1 amide bonds. The zero-order chi connectivity index (χ0) is 18.7. The van der Waals surface area contributed by atoms with Gasteiger partial charge in [-0.05, 0) is 66.6 Å².